The van der Waals surface area contributed by atoms with Crippen LogP contribution in [0.15, 0.2) is 231 Å². The number of methoxy groups -OCH3 is 1. The fourth-order valence-corrected chi connectivity index (χ4v) is 15.8. The molecule has 4 saturated heterocycles. The van der Waals surface area contributed by atoms with Crippen molar-refractivity contribution in [1.29, 1.82) is 0 Å². The normalized spacial score (nSPS) is 13.7. The van der Waals surface area contributed by atoms with Crippen molar-refractivity contribution < 1.29 is 46.2 Å². The largest absolute Gasteiger partial charge is 0.496 e. The van der Waals surface area contributed by atoms with E-state index in [-0.39, 0.29) is 29.4 Å². The highest BCUT2D eigenvalue weighted by molar-refractivity contribution is 7.93. The number of piperidine rings is 1. The van der Waals surface area contributed by atoms with Crippen LogP contribution in [-0.4, -0.2) is 161 Å². The Morgan fingerprint density at radius 2 is 0.759 bits per heavy atom. The number of amides is 4. The standard InChI is InChI=1S/C15H21NO.2C14H19NO2.C12H17NO2S.C12H17NO.C10H15N.C10H14O.C10H14.C9H13N.C8H10FN/c1-12(2)13-6-8-14(9-7-13)15(17)16-10-4-3-5-11-16;2*1-11(2)12-3-5-13(6-4-12)14(16)15-7-9-17-10-8-15;1-10(2)11-5-3-6-12(9-11)13-7-4-8-16(13,14)15;1-9(2)10-5-7-11(8-6-10)12(14)13(3)4;1-8(2)10-5-3-4-9(6-10)7-11;1-8(2)9-6-4-5-7-10(9)11-3;1-8(2)10-6-4-5-9(3)7-10;1-7(2)9-5-4-8(3)10-6-9;1-6(2)7-3-4-8(9)10-5-7/h6-9,12H,3-5,10-11H2,1-2H3;2*3-6,11H,7-10H2,1-2H3;3,5-6,9-10H,4,7-8H2,1-2H3;5-9H,1-4H3;3-6,8H,7,11H2,1-2H3;4-8H,1-3H3;4-8H,1-3H3;4-7H,1-3H3;3-6H,1-2H3. The Morgan fingerprint density at radius 3 is 1.10 bits per heavy atom. The van der Waals surface area contributed by atoms with E-state index in [9.17, 15) is 32.0 Å². The highest BCUT2D eigenvalue weighted by Gasteiger charge is 2.29. The third-order valence-corrected chi connectivity index (χ3v) is 25.1. The first-order chi connectivity index (χ1) is 63.2. The number of likely N-dealkylation sites (tertiary alicyclic amines) is 1. The van der Waals surface area contributed by atoms with Gasteiger partial charge in [-0.3, -0.25) is 28.5 Å². The average molecular weight is 1840 g/mol. The second-order valence-electron chi connectivity index (χ2n) is 37.5. The van der Waals surface area contributed by atoms with Crippen LogP contribution in [0.1, 0.15) is 337 Å². The number of aromatic nitrogens is 2. The summed E-state index contributed by atoms with van der Waals surface area (Å²) in [7, 11) is 2.19. The van der Waals surface area contributed by atoms with Gasteiger partial charge in [-0.05, 0) is 239 Å². The maximum absolute atomic E-state index is 12.2. The van der Waals surface area contributed by atoms with Crippen molar-refractivity contribution in [2.45, 2.75) is 244 Å². The van der Waals surface area contributed by atoms with Crippen molar-refractivity contribution in [1.82, 2.24) is 29.6 Å². The predicted octanol–water partition coefficient (Wildman–Crippen LogP) is 25.9. The van der Waals surface area contributed by atoms with Gasteiger partial charge < -0.3 is 39.5 Å². The number of nitrogens with two attached hydrogens (primary N) is 1. The Bertz CT molecular complexity index is 4880. The number of carbonyl (C=O) groups is 4. The van der Waals surface area contributed by atoms with Gasteiger partial charge in [-0.25, -0.2) is 13.4 Å². The molecule has 8 aromatic carbocycles. The zero-order valence-electron chi connectivity index (χ0n) is 84.9. The number of benzene rings is 8. The van der Waals surface area contributed by atoms with E-state index in [4.69, 9.17) is 19.9 Å². The Labute approximate surface area is 800 Å². The summed E-state index contributed by atoms with van der Waals surface area (Å²) < 4.78 is 53.0. The molecule has 133 heavy (non-hydrogen) atoms. The molecule has 6 heterocycles. The van der Waals surface area contributed by atoms with Crippen LogP contribution in [0.4, 0.5) is 10.1 Å². The molecule has 0 unspecified atom stereocenters. The van der Waals surface area contributed by atoms with Crippen LogP contribution >= 0.6 is 0 Å². The third kappa shape index (κ3) is 40.2. The monoisotopic (exact) mass is 1840 g/mol. The van der Waals surface area contributed by atoms with Crippen molar-refractivity contribution in [3.63, 3.8) is 0 Å². The van der Waals surface area contributed by atoms with Gasteiger partial charge in [-0.1, -0.05) is 284 Å². The Kier molecular flexibility index (Phi) is 50.2. The summed E-state index contributed by atoms with van der Waals surface area (Å²) in [6.07, 6.45) is 7.80. The summed E-state index contributed by atoms with van der Waals surface area (Å²) in [5.74, 6) is 6.59. The minimum absolute atomic E-state index is 0.0558. The zero-order chi connectivity index (χ0) is 98.4. The number of rotatable bonds is 17. The number of ether oxygens (including phenoxy) is 3. The molecule has 2 aromatic heterocycles. The summed E-state index contributed by atoms with van der Waals surface area (Å²) in [6, 6.07) is 72.1. The predicted molar refractivity (Wildman–Crippen MR) is 552 cm³/mol. The first-order valence-electron chi connectivity index (χ1n) is 47.9. The van der Waals surface area contributed by atoms with Gasteiger partial charge in [0.05, 0.1) is 45.0 Å². The molecule has 0 aliphatic carbocycles. The van der Waals surface area contributed by atoms with E-state index < -0.39 is 16.0 Å². The number of sulfonamides is 1. The van der Waals surface area contributed by atoms with Gasteiger partial charge in [0.1, 0.15) is 5.75 Å². The fraction of sp³-hybridized carbons (Fsp3) is 0.456. The van der Waals surface area contributed by atoms with Gasteiger partial charge >= 0.3 is 0 Å². The molecule has 14 rings (SSSR count). The van der Waals surface area contributed by atoms with Gasteiger partial charge in [-0.15, -0.1) is 0 Å². The smallest absolute Gasteiger partial charge is 0.254 e. The molecule has 17 nitrogen and oxygen atoms in total. The maximum Gasteiger partial charge on any atom is 0.254 e. The molecule has 0 atom stereocenters. The fourth-order valence-electron chi connectivity index (χ4n) is 14.2. The molecule has 0 radical (unpaired) electrons. The lowest BCUT2D eigenvalue weighted by Gasteiger charge is -2.26. The number of halogens is 1. The van der Waals surface area contributed by atoms with Gasteiger partial charge in [0.25, 0.3) is 23.6 Å². The van der Waals surface area contributed by atoms with Crippen LogP contribution in [-0.2, 0) is 26.0 Å². The molecule has 4 aliphatic heterocycles. The highest BCUT2D eigenvalue weighted by atomic mass is 32.2. The number of carbonyl (C=O) groups excluding carboxylic acids is 4. The van der Waals surface area contributed by atoms with Gasteiger partial charge in [0.15, 0.2) is 0 Å². The van der Waals surface area contributed by atoms with E-state index in [0.29, 0.717) is 125 Å². The van der Waals surface area contributed by atoms with Crippen LogP contribution in [0.3, 0.4) is 0 Å². The van der Waals surface area contributed by atoms with Crippen LogP contribution in [0.2, 0.25) is 0 Å². The lowest BCUT2D eigenvalue weighted by atomic mass is 10.0. The van der Waals surface area contributed by atoms with Gasteiger partial charge in [-0.2, -0.15) is 4.39 Å². The topological polar surface area (TPSA) is 198 Å². The summed E-state index contributed by atoms with van der Waals surface area (Å²) in [4.78, 5) is 63.1. The molecule has 0 spiro atoms. The first kappa shape index (κ1) is 113. The second-order valence-corrected chi connectivity index (χ2v) is 39.5. The highest BCUT2D eigenvalue weighted by Crippen LogP contribution is 2.30. The molecule has 722 valence electrons. The molecule has 0 bridgehead atoms. The Balaban J connectivity index is 0.000000263. The van der Waals surface area contributed by atoms with E-state index in [0.717, 1.165) is 77.3 Å². The van der Waals surface area contributed by atoms with Crippen molar-refractivity contribution >= 4 is 39.3 Å². The third-order valence-electron chi connectivity index (χ3n) is 23.2. The molecule has 4 aliphatic rings. The van der Waals surface area contributed by atoms with E-state index >= 15 is 0 Å². The lowest BCUT2D eigenvalue weighted by molar-refractivity contribution is 0.0301. The van der Waals surface area contributed by atoms with E-state index in [1.807, 2.05) is 155 Å². The maximum atomic E-state index is 12.2. The number of morpholine rings is 2. The van der Waals surface area contributed by atoms with Crippen LogP contribution < -0.4 is 14.8 Å². The van der Waals surface area contributed by atoms with Crippen molar-refractivity contribution in [2.75, 3.05) is 104 Å². The molecule has 4 amide bonds. The first-order valence-corrected chi connectivity index (χ1v) is 49.5. The van der Waals surface area contributed by atoms with Crippen molar-refractivity contribution in [3.05, 3.63) is 331 Å². The molecule has 0 saturated carbocycles. The number of hydrogen-bond acceptors (Lipinski definition) is 12. The average Bonchev–Trinajstić information content (AvgIpc) is 1.68. The molecule has 4 fully saturated rings. The van der Waals surface area contributed by atoms with Crippen molar-refractivity contribution in [3.8, 4) is 5.75 Å². The van der Waals surface area contributed by atoms with Crippen LogP contribution in [0.25, 0.3) is 0 Å². The molecular weight excluding hydrogens is 1680 g/mol. The van der Waals surface area contributed by atoms with E-state index in [1.165, 1.54) is 78.0 Å². The number of anilines is 1. The summed E-state index contributed by atoms with van der Waals surface area (Å²) in [6.45, 7) is 55.7. The quantitative estimate of drug-likeness (QED) is 0.0848. The van der Waals surface area contributed by atoms with Crippen LogP contribution in [0, 0.1) is 19.8 Å². The minimum Gasteiger partial charge on any atom is -0.496 e. The SMILES string of the molecule is CC(C)c1ccc(C(=O)N(C)C)cc1.CC(C)c1ccc(C(=O)N2CCCCC2)cc1.CC(C)c1ccc(C(=O)N2CCOCC2)cc1.CC(C)c1ccc(C(=O)N2CCOCC2)cc1.CC(C)c1ccc(F)nc1.CC(C)c1cccc(CN)c1.CC(C)c1cccc(N2CCCS2(=O)=O)c1.COc1ccccc1C(C)C.Cc1ccc(C(C)C)cn1.Cc1cccc(C(C)C)c1. The Morgan fingerprint density at radius 1 is 0.391 bits per heavy atom. The van der Waals surface area contributed by atoms with Gasteiger partial charge in [0.2, 0.25) is 16.0 Å². The second kappa shape index (κ2) is 59.1. The number of nitrogens with zero attached hydrogens (tertiary/aromatic N) is 7. The van der Waals surface area contributed by atoms with Crippen molar-refractivity contribution in [2.24, 2.45) is 5.73 Å². The van der Waals surface area contributed by atoms with E-state index in [2.05, 4.69) is 234 Å². The number of para-hydroxylation sites is 1. The summed E-state index contributed by atoms with van der Waals surface area (Å²) >= 11 is 0. The number of pyridine rings is 2. The molecular formula is C114H159FN8O9S. The number of aryl methyl sites for hydroxylation is 2. The molecule has 10 aromatic rings. The minimum atomic E-state index is -3.05. The molecule has 2 N–H and O–H groups in total. The van der Waals surface area contributed by atoms with Gasteiger partial charge in [0, 0.05) is 107 Å². The zero-order valence-corrected chi connectivity index (χ0v) is 85.7. The molecule has 19 heteroatoms. The number of hydrogen-bond donors (Lipinski definition) is 1. The van der Waals surface area contributed by atoms with Crippen LogP contribution in [0.5, 0.6) is 5.75 Å². The Hall–Kier alpha value is -10.7. The lowest BCUT2D eigenvalue weighted by Crippen LogP contribution is -2.40. The summed E-state index contributed by atoms with van der Waals surface area (Å²) in [5.41, 5.74) is 25.8. The van der Waals surface area contributed by atoms with E-state index in [1.54, 1.807) is 38.4 Å². The summed E-state index contributed by atoms with van der Waals surface area (Å²) in [5, 5.41) is 0.